The van der Waals surface area contributed by atoms with Gasteiger partial charge in [-0.25, -0.2) is 4.79 Å². The first-order valence-corrected chi connectivity index (χ1v) is 26.1. The molecule has 0 saturated carbocycles. The third kappa shape index (κ3) is 18.9. The van der Waals surface area contributed by atoms with Crippen molar-refractivity contribution in [3.63, 3.8) is 0 Å². The molecule has 1 aliphatic rings. The number of primary amides is 1. The van der Waals surface area contributed by atoms with E-state index >= 15 is 0 Å². The fourth-order valence-corrected chi connectivity index (χ4v) is 8.96. The Morgan fingerprint density at radius 3 is 1.95 bits per heavy atom. The zero-order valence-electron chi connectivity index (χ0n) is 44.5. The third-order valence-electron chi connectivity index (χ3n) is 13.2. The van der Waals surface area contributed by atoms with Crippen molar-refractivity contribution in [1.29, 1.82) is 0 Å². The second-order valence-corrected chi connectivity index (χ2v) is 19.5. The maximum Gasteiger partial charge on any atom is 0.326 e. The molecular weight excluding hydrogens is 1040 g/mol. The van der Waals surface area contributed by atoms with Gasteiger partial charge in [0.25, 0.3) is 0 Å². The molecule has 0 bridgehead atoms. The standard InChI is InChI=1S/C54H72N14O12/c1-30(62-47(73)36(55)25-32-13-5-3-6-14-32)46(72)64-39(19-11-23-59-54(57)58)52(78)68-24-12-20-42(68)50(76)65-40(26-33-15-7-4-8-16-33)49(75)63-38(21-22-43(56)70)48(74)61-29-44(71)67-45(31(2)69)51(77)66-41(53(79)80)27-34-28-60-37-18-10-9-17-35(34)37/h3-10,13-18,28,30-31,36,38-42,45,60,69H,11-12,19-27,29,55H2,1-2H3,(H2,56,70)(H,61,74)(H,62,73)(H,63,75)(H,64,72)(H,65,76)(H,66,77)(H,67,71)(H,79,80)(H4,57,58,59)/t30-,31+,36-,38-,39-,40-,41-,42-,45-/m0/s1. The summed E-state index contributed by atoms with van der Waals surface area (Å²) in [6, 6.07) is 14.1. The number of guanidine groups is 1. The van der Waals surface area contributed by atoms with Gasteiger partial charge in [-0.15, -0.1) is 0 Å². The van der Waals surface area contributed by atoms with E-state index in [2.05, 4.69) is 47.2 Å². The van der Waals surface area contributed by atoms with E-state index in [4.69, 9.17) is 22.9 Å². The number of carbonyl (C=O) groups is 10. The van der Waals surface area contributed by atoms with E-state index in [-0.39, 0.29) is 64.0 Å². The Labute approximate surface area is 461 Å². The summed E-state index contributed by atoms with van der Waals surface area (Å²) in [6.07, 6.45) is -0.00876. The second-order valence-electron chi connectivity index (χ2n) is 19.5. The number of hydrogen-bond acceptors (Lipinski definition) is 13. The van der Waals surface area contributed by atoms with Gasteiger partial charge in [-0.3, -0.25) is 48.1 Å². The Bertz CT molecular complexity index is 2840. The Hall–Kier alpha value is -8.91. The van der Waals surface area contributed by atoms with Crippen LogP contribution in [-0.2, 0) is 67.2 Å². The smallest absolute Gasteiger partial charge is 0.326 e. The van der Waals surface area contributed by atoms with E-state index in [1.165, 1.54) is 18.7 Å². The lowest BCUT2D eigenvalue weighted by Crippen LogP contribution is -2.59. The van der Waals surface area contributed by atoms with Crippen molar-refractivity contribution in [2.24, 2.45) is 27.9 Å². The number of amides is 9. The fraction of sp³-hybridized carbons (Fsp3) is 0.426. The number of nitrogens with one attached hydrogen (secondary N) is 8. The number of fused-ring (bicyclic) bond motifs is 1. The molecule has 18 N–H and O–H groups in total. The van der Waals surface area contributed by atoms with Crippen LogP contribution in [0.1, 0.15) is 69.1 Å². The summed E-state index contributed by atoms with van der Waals surface area (Å²) in [5.41, 5.74) is 25.3. The molecular formula is C54H72N14O12. The molecule has 430 valence electrons. The number of nitrogens with two attached hydrogens (primary N) is 4. The number of carboxylic acid groups (broad SMARTS) is 1. The molecule has 2 heterocycles. The number of H-pyrrole nitrogens is 1. The highest BCUT2D eigenvalue weighted by atomic mass is 16.4. The maximum atomic E-state index is 14.4. The lowest BCUT2D eigenvalue weighted by Gasteiger charge is -2.31. The van der Waals surface area contributed by atoms with E-state index in [0.717, 1.165) is 16.5 Å². The molecule has 26 nitrogen and oxygen atoms in total. The Morgan fingerprint density at radius 1 is 0.688 bits per heavy atom. The predicted molar refractivity (Wildman–Crippen MR) is 293 cm³/mol. The largest absolute Gasteiger partial charge is 0.480 e. The van der Waals surface area contributed by atoms with Gasteiger partial charge in [-0.1, -0.05) is 78.9 Å². The van der Waals surface area contributed by atoms with Crippen molar-refractivity contribution in [3.05, 3.63) is 108 Å². The molecule has 5 rings (SSSR count). The number of rotatable bonds is 30. The molecule has 0 spiro atoms. The van der Waals surface area contributed by atoms with Crippen LogP contribution in [0.3, 0.4) is 0 Å². The van der Waals surface area contributed by atoms with Crippen LogP contribution in [0.25, 0.3) is 10.9 Å². The first kappa shape index (κ1) is 61.9. The number of aliphatic carboxylic acids is 1. The van der Waals surface area contributed by atoms with E-state index in [9.17, 15) is 58.2 Å². The SMILES string of the molecule is C[C@H](NC(=O)[C@@H](N)Cc1ccccc1)C(=O)N[C@@H](CCCN=C(N)N)C(=O)N1CCC[C@H]1C(=O)N[C@@H](Cc1ccccc1)C(=O)N[C@@H](CCC(N)=O)C(=O)NCC(=O)N[C@H](C(=O)N[C@@H](Cc1c[nH]c2ccccc12)C(=O)O)[C@@H](C)O. The number of carboxylic acids is 1. The highest BCUT2D eigenvalue weighted by molar-refractivity contribution is 5.98. The van der Waals surface area contributed by atoms with Gasteiger partial charge < -0.3 is 80.2 Å². The molecule has 1 aliphatic heterocycles. The molecule has 0 radical (unpaired) electrons. The van der Waals surface area contributed by atoms with E-state index < -0.39 is 127 Å². The van der Waals surface area contributed by atoms with Crippen LogP contribution in [0.2, 0.25) is 0 Å². The van der Waals surface area contributed by atoms with Gasteiger partial charge in [0.05, 0.1) is 18.7 Å². The van der Waals surface area contributed by atoms with Gasteiger partial charge in [0, 0.05) is 49.5 Å². The van der Waals surface area contributed by atoms with E-state index in [0.29, 0.717) is 17.5 Å². The number of aromatic nitrogens is 1. The van der Waals surface area contributed by atoms with Crippen molar-refractivity contribution in [2.75, 3.05) is 19.6 Å². The first-order chi connectivity index (χ1) is 38.1. The van der Waals surface area contributed by atoms with Crippen LogP contribution in [-0.4, -0.2) is 159 Å². The zero-order chi connectivity index (χ0) is 58.5. The molecule has 3 aromatic carbocycles. The van der Waals surface area contributed by atoms with Crippen molar-refractivity contribution in [1.82, 2.24) is 47.1 Å². The average Bonchev–Trinajstić information content (AvgIpc) is 4.14. The highest BCUT2D eigenvalue weighted by Gasteiger charge is 2.40. The summed E-state index contributed by atoms with van der Waals surface area (Å²) in [5, 5.41) is 38.7. The van der Waals surface area contributed by atoms with Gasteiger partial charge >= 0.3 is 5.97 Å². The average molecular weight is 1110 g/mol. The predicted octanol–water partition coefficient (Wildman–Crippen LogP) is -2.66. The Kier molecular flexibility index (Phi) is 23.5. The van der Waals surface area contributed by atoms with Crippen LogP contribution in [0.5, 0.6) is 0 Å². The summed E-state index contributed by atoms with van der Waals surface area (Å²) in [5.74, 6) is -9.01. The molecule has 9 atom stereocenters. The van der Waals surface area contributed by atoms with Crippen LogP contribution in [0.4, 0.5) is 0 Å². The number of aromatic amines is 1. The summed E-state index contributed by atoms with van der Waals surface area (Å²) in [4.78, 5) is 143. The number of aliphatic imine (C=N–C) groups is 1. The number of para-hydroxylation sites is 1. The molecule has 4 aromatic rings. The van der Waals surface area contributed by atoms with Crippen molar-refractivity contribution in [3.8, 4) is 0 Å². The number of carbonyl (C=O) groups excluding carboxylic acids is 9. The summed E-state index contributed by atoms with van der Waals surface area (Å²) in [6.45, 7) is 1.99. The normalized spacial score (nSPS) is 15.9. The quantitative estimate of drug-likeness (QED) is 0.0144. The van der Waals surface area contributed by atoms with Crippen LogP contribution < -0.4 is 60.2 Å². The lowest BCUT2D eigenvalue weighted by atomic mass is 10.0. The highest BCUT2D eigenvalue weighted by Crippen LogP contribution is 2.22. The number of aliphatic hydroxyl groups excluding tert-OH is 1. The van der Waals surface area contributed by atoms with Crippen LogP contribution in [0, 0.1) is 0 Å². The molecule has 80 heavy (non-hydrogen) atoms. The second kappa shape index (κ2) is 30.3. The van der Waals surface area contributed by atoms with Crippen LogP contribution in [0.15, 0.2) is 96.1 Å². The third-order valence-corrected chi connectivity index (χ3v) is 13.2. The maximum absolute atomic E-state index is 14.4. The van der Waals surface area contributed by atoms with E-state index in [1.807, 2.05) is 18.2 Å². The molecule has 1 aromatic heterocycles. The number of hydrogen-bond donors (Lipinski definition) is 14. The summed E-state index contributed by atoms with van der Waals surface area (Å²) >= 11 is 0. The lowest BCUT2D eigenvalue weighted by molar-refractivity contribution is -0.143. The minimum atomic E-state index is -1.68. The van der Waals surface area contributed by atoms with Crippen molar-refractivity contribution >= 4 is 76.0 Å². The molecule has 1 saturated heterocycles. The first-order valence-electron chi connectivity index (χ1n) is 26.1. The minimum absolute atomic E-state index is 0.0205. The summed E-state index contributed by atoms with van der Waals surface area (Å²) < 4.78 is 0. The topological polar surface area (TPSA) is 431 Å². The van der Waals surface area contributed by atoms with Gasteiger partial charge in [-0.05, 0) is 75.1 Å². The monoisotopic (exact) mass is 1110 g/mol. The fourth-order valence-electron chi connectivity index (χ4n) is 8.96. The van der Waals surface area contributed by atoms with Gasteiger partial charge in [0.15, 0.2) is 5.96 Å². The zero-order valence-corrected chi connectivity index (χ0v) is 44.5. The Balaban J connectivity index is 1.26. The Morgan fingerprint density at radius 2 is 1.31 bits per heavy atom. The van der Waals surface area contributed by atoms with Crippen molar-refractivity contribution in [2.45, 2.75) is 126 Å². The van der Waals surface area contributed by atoms with Crippen molar-refractivity contribution < 1.29 is 58.2 Å². The van der Waals surface area contributed by atoms with Gasteiger partial charge in [0.2, 0.25) is 53.2 Å². The summed E-state index contributed by atoms with van der Waals surface area (Å²) in [7, 11) is 0. The molecule has 26 heteroatoms. The molecule has 0 aliphatic carbocycles. The number of benzene rings is 3. The molecule has 0 unspecified atom stereocenters. The molecule has 9 amide bonds. The van der Waals surface area contributed by atoms with Gasteiger partial charge in [0.1, 0.15) is 42.3 Å². The number of likely N-dealkylation sites (tertiary alicyclic amines) is 1. The van der Waals surface area contributed by atoms with Gasteiger partial charge in [-0.2, -0.15) is 0 Å². The molecule has 1 fully saturated rings. The number of aliphatic hydroxyl groups is 1. The van der Waals surface area contributed by atoms with Crippen LogP contribution >= 0.6 is 0 Å². The van der Waals surface area contributed by atoms with E-state index in [1.54, 1.807) is 72.9 Å². The minimum Gasteiger partial charge on any atom is -0.480 e. The number of nitrogens with zero attached hydrogens (tertiary/aromatic N) is 2.